The molecule has 0 saturated carbocycles. The number of ether oxygens (including phenoxy) is 3. The molecule has 7 nitrogen and oxygen atoms in total. The van der Waals surface area contributed by atoms with Crippen molar-refractivity contribution in [2.45, 2.75) is 38.8 Å². The van der Waals surface area contributed by atoms with Gasteiger partial charge in [0.1, 0.15) is 6.04 Å². The summed E-state index contributed by atoms with van der Waals surface area (Å²) in [6, 6.07) is 13.4. The molecule has 2 aromatic carbocycles. The number of hydrogen-bond donors (Lipinski definition) is 1. The lowest BCUT2D eigenvalue weighted by Crippen LogP contribution is -2.46. The van der Waals surface area contributed by atoms with Crippen molar-refractivity contribution in [3.63, 3.8) is 0 Å². The first-order valence-electron chi connectivity index (χ1n) is 11.0. The quantitative estimate of drug-likeness (QED) is 0.573. The van der Waals surface area contributed by atoms with Crippen LogP contribution in [-0.2, 0) is 33.7 Å². The Balaban J connectivity index is 1.60. The third-order valence-corrected chi connectivity index (χ3v) is 5.71. The lowest BCUT2D eigenvalue weighted by Gasteiger charge is -2.30. The predicted octanol–water partition coefficient (Wildman–Crippen LogP) is 2.74. The number of nitrogens with one attached hydrogen (secondary N) is 1. The van der Waals surface area contributed by atoms with Crippen molar-refractivity contribution in [3.05, 3.63) is 59.2 Å². The van der Waals surface area contributed by atoms with E-state index in [4.69, 9.17) is 14.2 Å². The number of esters is 1. The Morgan fingerprint density at radius 3 is 2.41 bits per heavy atom. The van der Waals surface area contributed by atoms with E-state index in [0.29, 0.717) is 37.6 Å². The molecule has 2 aromatic rings. The zero-order valence-corrected chi connectivity index (χ0v) is 19.1. The Kier molecular flexibility index (Phi) is 8.50. The highest BCUT2D eigenvalue weighted by Crippen LogP contribution is 2.33. The van der Waals surface area contributed by atoms with E-state index in [1.165, 1.54) is 0 Å². The minimum Gasteiger partial charge on any atom is -0.493 e. The molecule has 1 N–H and O–H groups in total. The van der Waals surface area contributed by atoms with Crippen LogP contribution in [0, 0.1) is 0 Å². The molecule has 7 heteroatoms. The predicted molar refractivity (Wildman–Crippen MR) is 122 cm³/mol. The molecule has 0 fully saturated rings. The number of methoxy groups -OCH3 is 2. The van der Waals surface area contributed by atoms with Gasteiger partial charge >= 0.3 is 5.97 Å². The fourth-order valence-corrected chi connectivity index (χ4v) is 3.92. The van der Waals surface area contributed by atoms with Gasteiger partial charge in [-0.1, -0.05) is 30.3 Å². The van der Waals surface area contributed by atoms with Crippen molar-refractivity contribution < 1.29 is 23.8 Å². The molecule has 1 aliphatic rings. The third kappa shape index (κ3) is 6.01. The van der Waals surface area contributed by atoms with Gasteiger partial charge < -0.3 is 19.1 Å². The maximum atomic E-state index is 12.9. The summed E-state index contributed by atoms with van der Waals surface area (Å²) in [6.45, 7) is 3.30. The summed E-state index contributed by atoms with van der Waals surface area (Å²) in [6.07, 6.45) is 2.04. The molecule has 1 atom stereocenters. The van der Waals surface area contributed by atoms with Crippen LogP contribution in [0.1, 0.15) is 30.0 Å². The van der Waals surface area contributed by atoms with Crippen LogP contribution in [-0.4, -0.2) is 56.7 Å². The van der Waals surface area contributed by atoms with E-state index >= 15 is 0 Å². The third-order valence-electron chi connectivity index (χ3n) is 5.71. The van der Waals surface area contributed by atoms with Crippen LogP contribution in [0.15, 0.2) is 42.5 Å². The summed E-state index contributed by atoms with van der Waals surface area (Å²) < 4.78 is 16.0. The van der Waals surface area contributed by atoms with E-state index < -0.39 is 6.04 Å². The van der Waals surface area contributed by atoms with Crippen LogP contribution in [0.3, 0.4) is 0 Å². The van der Waals surface area contributed by atoms with Crippen LogP contribution in [0.25, 0.3) is 0 Å². The van der Waals surface area contributed by atoms with Crippen LogP contribution in [0.5, 0.6) is 11.5 Å². The highest BCUT2D eigenvalue weighted by molar-refractivity contribution is 5.81. The molecule has 32 heavy (non-hydrogen) atoms. The number of amides is 1. The Morgan fingerprint density at radius 2 is 1.75 bits per heavy atom. The Labute approximate surface area is 189 Å². The second-order valence-corrected chi connectivity index (χ2v) is 7.75. The molecule has 0 spiro atoms. The first-order chi connectivity index (χ1) is 15.5. The van der Waals surface area contributed by atoms with E-state index in [9.17, 15) is 9.59 Å². The lowest BCUT2D eigenvalue weighted by molar-refractivity contribution is -0.146. The molecule has 0 bridgehead atoms. The summed E-state index contributed by atoms with van der Waals surface area (Å²) in [4.78, 5) is 27.1. The van der Waals surface area contributed by atoms with E-state index in [-0.39, 0.29) is 18.4 Å². The number of fused-ring (bicyclic) bond motifs is 1. The van der Waals surface area contributed by atoms with Gasteiger partial charge in [-0.15, -0.1) is 0 Å². The van der Waals surface area contributed by atoms with Crippen LogP contribution < -0.4 is 14.8 Å². The summed E-state index contributed by atoms with van der Waals surface area (Å²) in [5, 5.41) is 3.13. The van der Waals surface area contributed by atoms with Crippen LogP contribution in [0.2, 0.25) is 0 Å². The monoisotopic (exact) mass is 440 g/mol. The van der Waals surface area contributed by atoms with E-state index in [1.54, 1.807) is 26.0 Å². The molecule has 0 radical (unpaired) electrons. The van der Waals surface area contributed by atoms with Crippen LogP contribution in [0.4, 0.5) is 0 Å². The van der Waals surface area contributed by atoms with E-state index in [1.807, 2.05) is 42.5 Å². The van der Waals surface area contributed by atoms with Gasteiger partial charge in [0.25, 0.3) is 0 Å². The zero-order valence-electron chi connectivity index (χ0n) is 19.1. The van der Waals surface area contributed by atoms with Crippen molar-refractivity contribution in [2.24, 2.45) is 0 Å². The van der Waals surface area contributed by atoms with Crippen molar-refractivity contribution >= 4 is 11.9 Å². The molecule has 172 valence electrons. The summed E-state index contributed by atoms with van der Waals surface area (Å²) in [5.74, 6) is 0.988. The highest BCUT2D eigenvalue weighted by Gasteiger charge is 2.25. The molecular formula is C25H32N2O5. The van der Waals surface area contributed by atoms with Crippen molar-refractivity contribution in [2.75, 3.05) is 33.9 Å². The number of hydrogen-bond acceptors (Lipinski definition) is 6. The molecule has 1 unspecified atom stereocenters. The molecule has 0 aromatic heterocycles. The second-order valence-electron chi connectivity index (χ2n) is 7.75. The Hall–Kier alpha value is -3.06. The molecule has 1 aliphatic heterocycles. The van der Waals surface area contributed by atoms with Gasteiger partial charge in [-0.05, 0) is 55.0 Å². The largest absolute Gasteiger partial charge is 0.493 e. The topological polar surface area (TPSA) is 77.1 Å². The van der Waals surface area contributed by atoms with Crippen LogP contribution >= 0.6 is 0 Å². The lowest BCUT2D eigenvalue weighted by atomic mass is 9.98. The molecule has 1 amide bonds. The standard InChI is InChI=1S/C25H32N2O5/c1-4-32-25(29)21(11-10-18-8-6-5-7-9-18)26-16-24(28)27-13-12-19-14-22(30-2)23(31-3)15-20(19)17-27/h5-9,14-15,21,26H,4,10-13,16-17H2,1-3H3. The minimum absolute atomic E-state index is 0.0422. The fraction of sp³-hybridized carbons (Fsp3) is 0.440. The summed E-state index contributed by atoms with van der Waals surface area (Å²) >= 11 is 0. The molecule has 0 aliphatic carbocycles. The number of carbonyl (C=O) groups is 2. The second kappa shape index (κ2) is 11.5. The highest BCUT2D eigenvalue weighted by atomic mass is 16.5. The SMILES string of the molecule is CCOC(=O)C(CCc1ccccc1)NCC(=O)N1CCc2cc(OC)c(OC)cc2C1. The van der Waals surface area contributed by atoms with Crippen molar-refractivity contribution in [1.29, 1.82) is 0 Å². The van der Waals surface area contributed by atoms with Gasteiger partial charge in [-0.25, -0.2) is 0 Å². The fourth-order valence-electron chi connectivity index (χ4n) is 3.92. The van der Waals surface area contributed by atoms with Gasteiger partial charge in [0.15, 0.2) is 11.5 Å². The van der Waals surface area contributed by atoms with E-state index in [2.05, 4.69) is 5.32 Å². The number of aryl methyl sites for hydroxylation is 1. The van der Waals surface area contributed by atoms with Gasteiger partial charge in [-0.3, -0.25) is 14.9 Å². The molecular weight excluding hydrogens is 408 g/mol. The maximum Gasteiger partial charge on any atom is 0.323 e. The normalized spacial score (nSPS) is 13.8. The maximum absolute atomic E-state index is 12.9. The molecule has 3 rings (SSSR count). The summed E-state index contributed by atoms with van der Waals surface area (Å²) in [5.41, 5.74) is 3.35. The average molecular weight is 441 g/mol. The first kappa shape index (κ1) is 23.6. The number of rotatable bonds is 10. The van der Waals surface area contributed by atoms with Gasteiger partial charge in [-0.2, -0.15) is 0 Å². The van der Waals surface area contributed by atoms with E-state index in [0.717, 1.165) is 29.5 Å². The number of nitrogens with zero attached hydrogens (tertiary/aromatic N) is 1. The number of benzene rings is 2. The smallest absolute Gasteiger partial charge is 0.323 e. The number of carbonyl (C=O) groups excluding carboxylic acids is 2. The van der Waals surface area contributed by atoms with Gasteiger partial charge in [0, 0.05) is 13.1 Å². The zero-order chi connectivity index (χ0) is 22.9. The molecule has 1 heterocycles. The average Bonchev–Trinajstić information content (AvgIpc) is 2.83. The van der Waals surface area contributed by atoms with Gasteiger partial charge in [0.05, 0.1) is 27.4 Å². The first-order valence-corrected chi connectivity index (χ1v) is 11.0. The van der Waals surface area contributed by atoms with Crippen molar-refractivity contribution in [3.8, 4) is 11.5 Å². The summed E-state index contributed by atoms with van der Waals surface area (Å²) in [7, 11) is 3.22. The minimum atomic E-state index is -0.527. The van der Waals surface area contributed by atoms with Gasteiger partial charge in [0.2, 0.25) is 5.91 Å². The van der Waals surface area contributed by atoms with Crippen molar-refractivity contribution in [1.82, 2.24) is 10.2 Å². The Bertz CT molecular complexity index is 916. The Morgan fingerprint density at radius 1 is 1.06 bits per heavy atom. The molecule has 0 saturated heterocycles.